The Morgan fingerprint density at radius 1 is 1.03 bits per heavy atom. The van der Waals surface area contributed by atoms with Gasteiger partial charge in [0.05, 0.1) is 11.1 Å². The highest BCUT2D eigenvalue weighted by Gasteiger charge is 2.35. The third-order valence-corrected chi connectivity index (χ3v) is 8.84. The van der Waals surface area contributed by atoms with Gasteiger partial charge in [-0.05, 0) is 75.0 Å². The van der Waals surface area contributed by atoms with E-state index in [4.69, 9.17) is 0 Å². The normalized spacial score (nSPS) is 20.9. The van der Waals surface area contributed by atoms with E-state index in [1.807, 2.05) is 9.80 Å². The van der Waals surface area contributed by atoms with Crippen molar-refractivity contribution in [2.24, 2.45) is 11.8 Å². The number of rotatable bonds is 4. The first kappa shape index (κ1) is 24.0. The van der Waals surface area contributed by atoms with E-state index in [1.165, 1.54) is 17.5 Å². The molecule has 1 atom stereocenters. The molecule has 0 spiro atoms. The number of anilines is 1. The molecule has 35 heavy (non-hydrogen) atoms. The van der Waals surface area contributed by atoms with Crippen LogP contribution in [0.3, 0.4) is 0 Å². The minimum atomic E-state index is -0.245. The van der Waals surface area contributed by atoms with Gasteiger partial charge in [0, 0.05) is 49.4 Å². The van der Waals surface area contributed by atoms with Crippen LogP contribution in [0.25, 0.3) is 0 Å². The number of hydrogen-bond donors (Lipinski definition) is 1. The average Bonchev–Trinajstić information content (AvgIpc) is 3.26. The minimum Gasteiger partial charge on any atom is -0.342 e. The summed E-state index contributed by atoms with van der Waals surface area (Å²) in [6, 6.07) is 3.46. The van der Waals surface area contributed by atoms with Gasteiger partial charge in [-0.15, -0.1) is 11.3 Å². The van der Waals surface area contributed by atoms with Crippen molar-refractivity contribution in [1.82, 2.24) is 14.8 Å². The molecule has 1 aliphatic carbocycles. The van der Waals surface area contributed by atoms with Crippen molar-refractivity contribution in [3.8, 4) is 0 Å². The number of fused-ring (bicyclic) bond motifs is 1. The maximum absolute atomic E-state index is 13.8. The van der Waals surface area contributed by atoms with Gasteiger partial charge in [0.2, 0.25) is 5.91 Å². The fourth-order valence-corrected chi connectivity index (χ4v) is 6.96. The quantitative estimate of drug-likeness (QED) is 0.684. The lowest BCUT2D eigenvalue weighted by atomic mass is 9.91. The van der Waals surface area contributed by atoms with Crippen LogP contribution in [-0.2, 0) is 17.6 Å². The van der Waals surface area contributed by atoms with E-state index in [1.54, 1.807) is 29.7 Å². The Bertz CT molecular complexity index is 1090. The smallest absolute Gasteiger partial charge is 0.257 e. The zero-order chi connectivity index (χ0) is 24.4. The van der Waals surface area contributed by atoms with Crippen LogP contribution in [0.1, 0.15) is 76.6 Å². The molecule has 5 rings (SSSR count). The summed E-state index contributed by atoms with van der Waals surface area (Å²) < 4.78 is 0. The van der Waals surface area contributed by atoms with Crippen LogP contribution in [0.5, 0.6) is 0 Å². The summed E-state index contributed by atoms with van der Waals surface area (Å²) in [6.07, 6.45) is 10.9. The Kier molecular flexibility index (Phi) is 7.18. The highest BCUT2D eigenvalue weighted by Crippen LogP contribution is 2.39. The lowest BCUT2D eigenvalue weighted by Gasteiger charge is -2.37. The molecule has 2 saturated heterocycles. The van der Waals surface area contributed by atoms with E-state index in [-0.39, 0.29) is 23.6 Å². The van der Waals surface area contributed by atoms with Crippen molar-refractivity contribution in [3.63, 3.8) is 0 Å². The molecule has 2 aromatic rings. The van der Waals surface area contributed by atoms with Crippen LogP contribution in [0.15, 0.2) is 24.5 Å². The number of nitrogens with zero attached hydrogens (tertiary/aromatic N) is 3. The molecule has 3 aliphatic rings. The molecule has 0 bridgehead atoms. The Morgan fingerprint density at radius 3 is 2.57 bits per heavy atom. The summed E-state index contributed by atoms with van der Waals surface area (Å²) in [7, 11) is 0. The second-order valence-corrected chi connectivity index (χ2v) is 11.3. The van der Waals surface area contributed by atoms with Crippen molar-refractivity contribution in [1.29, 1.82) is 0 Å². The molecule has 7 nitrogen and oxygen atoms in total. The number of piperidine rings is 2. The number of hydrogen-bond acceptors (Lipinski definition) is 5. The Labute approximate surface area is 210 Å². The van der Waals surface area contributed by atoms with Gasteiger partial charge in [-0.3, -0.25) is 19.4 Å². The minimum absolute atomic E-state index is 0.00509. The molecule has 2 fully saturated rings. The molecule has 4 heterocycles. The third kappa shape index (κ3) is 5.13. The van der Waals surface area contributed by atoms with E-state index in [2.05, 4.69) is 17.2 Å². The monoisotopic (exact) mass is 494 g/mol. The fourth-order valence-electron chi connectivity index (χ4n) is 5.69. The van der Waals surface area contributed by atoms with Gasteiger partial charge in [-0.2, -0.15) is 0 Å². The van der Waals surface area contributed by atoms with Gasteiger partial charge < -0.3 is 15.1 Å². The number of aryl methyl sites for hydroxylation is 1. The molecule has 1 unspecified atom stereocenters. The van der Waals surface area contributed by atoms with Gasteiger partial charge in [0.1, 0.15) is 5.00 Å². The summed E-state index contributed by atoms with van der Waals surface area (Å²) in [5, 5.41) is 3.66. The maximum atomic E-state index is 13.8. The first-order chi connectivity index (χ1) is 17.0. The predicted molar refractivity (Wildman–Crippen MR) is 137 cm³/mol. The second kappa shape index (κ2) is 10.5. The van der Waals surface area contributed by atoms with Crippen LogP contribution in [0.2, 0.25) is 0 Å². The maximum Gasteiger partial charge on any atom is 0.257 e. The topological polar surface area (TPSA) is 82.6 Å². The van der Waals surface area contributed by atoms with Crippen LogP contribution < -0.4 is 5.32 Å². The first-order valence-corrected chi connectivity index (χ1v) is 13.8. The lowest BCUT2D eigenvalue weighted by Crippen LogP contribution is -2.47. The highest BCUT2D eigenvalue weighted by molar-refractivity contribution is 7.17. The molecule has 8 heteroatoms. The van der Waals surface area contributed by atoms with E-state index in [0.29, 0.717) is 48.0 Å². The molecular weight excluding hydrogens is 460 g/mol. The van der Waals surface area contributed by atoms with Crippen molar-refractivity contribution in [3.05, 3.63) is 46.1 Å². The zero-order valence-electron chi connectivity index (χ0n) is 20.4. The molecule has 2 aromatic heterocycles. The number of thiophene rings is 1. The number of aromatic nitrogens is 1. The molecule has 186 valence electrons. The molecular formula is C27H34N4O3S. The molecule has 0 radical (unpaired) electrons. The van der Waals surface area contributed by atoms with Crippen LogP contribution in [-0.4, -0.2) is 58.7 Å². The largest absolute Gasteiger partial charge is 0.342 e. The predicted octanol–water partition coefficient (Wildman–Crippen LogP) is 4.38. The zero-order valence-corrected chi connectivity index (χ0v) is 21.2. The van der Waals surface area contributed by atoms with Crippen LogP contribution in [0.4, 0.5) is 5.00 Å². The summed E-state index contributed by atoms with van der Waals surface area (Å²) in [5.74, 6) is 0.583. The standard InChI is InChI=1S/C27H34N4O3S/c1-18-6-5-13-31(17-18)26(33)19-10-14-30(15-11-19)27(34)23-21-8-2-3-9-22(21)35-25(23)29-24(32)20-7-4-12-28-16-20/h4,7,12,16,18-19H,2-3,5-6,8-11,13-15,17H2,1H3,(H,29,32). The number of pyridine rings is 1. The van der Waals surface area contributed by atoms with Gasteiger partial charge in [0.15, 0.2) is 0 Å². The Balaban J connectivity index is 1.30. The number of amides is 3. The number of carbonyl (C=O) groups is 3. The molecule has 3 amide bonds. The number of likely N-dealkylation sites (tertiary alicyclic amines) is 2. The Hall–Kier alpha value is -2.74. The van der Waals surface area contributed by atoms with E-state index in [9.17, 15) is 14.4 Å². The van der Waals surface area contributed by atoms with Gasteiger partial charge in [-0.25, -0.2) is 0 Å². The van der Waals surface area contributed by atoms with Gasteiger partial charge >= 0.3 is 0 Å². The number of nitrogens with one attached hydrogen (secondary N) is 1. The molecule has 0 aromatic carbocycles. The second-order valence-electron chi connectivity index (χ2n) is 10.2. The van der Waals surface area contributed by atoms with Crippen LogP contribution in [0, 0.1) is 11.8 Å². The van der Waals surface area contributed by atoms with Crippen molar-refractivity contribution >= 4 is 34.1 Å². The molecule has 0 saturated carbocycles. The summed E-state index contributed by atoms with van der Waals surface area (Å²) in [6.45, 7) is 5.10. The summed E-state index contributed by atoms with van der Waals surface area (Å²) in [5.41, 5.74) is 2.24. The van der Waals surface area contributed by atoms with Gasteiger partial charge in [-0.1, -0.05) is 6.92 Å². The lowest BCUT2D eigenvalue weighted by molar-refractivity contribution is -0.138. The van der Waals surface area contributed by atoms with Crippen LogP contribution >= 0.6 is 11.3 Å². The molecule has 1 N–H and O–H groups in total. The highest BCUT2D eigenvalue weighted by atomic mass is 32.1. The summed E-state index contributed by atoms with van der Waals surface area (Å²) >= 11 is 1.54. The average molecular weight is 495 g/mol. The van der Waals surface area contributed by atoms with E-state index in [0.717, 1.165) is 50.8 Å². The summed E-state index contributed by atoms with van der Waals surface area (Å²) in [4.78, 5) is 48.9. The number of carbonyl (C=O) groups excluding carboxylic acids is 3. The SMILES string of the molecule is CC1CCCN(C(=O)C2CCN(C(=O)c3c(NC(=O)c4cccnc4)sc4c3CCCC4)CC2)C1. The van der Waals surface area contributed by atoms with Gasteiger partial charge in [0.25, 0.3) is 11.8 Å². The fraction of sp³-hybridized carbons (Fsp3) is 0.556. The van der Waals surface area contributed by atoms with E-state index < -0.39 is 0 Å². The van der Waals surface area contributed by atoms with Crippen molar-refractivity contribution in [2.75, 3.05) is 31.5 Å². The van der Waals surface area contributed by atoms with E-state index >= 15 is 0 Å². The first-order valence-electron chi connectivity index (χ1n) is 12.9. The third-order valence-electron chi connectivity index (χ3n) is 7.64. The van der Waals surface area contributed by atoms with Crippen molar-refractivity contribution < 1.29 is 14.4 Å². The Morgan fingerprint density at radius 2 is 1.83 bits per heavy atom. The van der Waals surface area contributed by atoms with Crippen molar-refractivity contribution in [2.45, 2.75) is 58.3 Å². The molecule has 2 aliphatic heterocycles.